The molecule has 1 aliphatic rings. The normalized spacial score (nSPS) is 22.4. The second-order valence-electron chi connectivity index (χ2n) is 6.87. The summed E-state index contributed by atoms with van der Waals surface area (Å²) in [6.07, 6.45) is 2.65. The Bertz CT molecular complexity index is 666. The summed E-state index contributed by atoms with van der Waals surface area (Å²) in [6.45, 7) is 0.540. The highest BCUT2D eigenvalue weighted by atomic mass is 16.5. The van der Waals surface area contributed by atoms with E-state index in [0.29, 0.717) is 38.5 Å². The average Bonchev–Trinajstić information content (AvgIpc) is 2.75. The lowest BCUT2D eigenvalue weighted by Crippen LogP contribution is -2.50. The van der Waals surface area contributed by atoms with Crippen molar-refractivity contribution in [3.8, 4) is 0 Å². The number of guanidine groups is 2. The first-order chi connectivity index (χ1) is 15.3. The van der Waals surface area contributed by atoms with Crippen molar-refractivity contribution in [2.45, 2.75) is 50.6 Å². The standard InChI is InChI=1S/C18H32N8O6/c1-31-13(27)11-7-3-5-9-21-16(20)26-18(30)24-12(14(28)32-2)8-4-6-10-22-15(19)25-17(29)23-11/h11-12H,3-10H2,1-2H3,(H4,19,22,23,25,29)(H4,20,21,24,26,30)/t11-,12-/m0/s1. The Morgan fingerprint density at radius 3 is 1.50 bits per heavy atom. The number of carbonyl (C=O) groups is 4. The van der Waals surface area contributed by atoms with Crippen LogP contribution < -0.4 is 32.7 Å². The van der Waals surface area contributed by atoms with Crippen molar-refractivity contribution in [1.29, 1.82) is 0 Å². The van der Waals surface area contributed by atoms with Gasteiger partial charge in [-0.2, -0.15) is 0 Å². The van der Waals surface area contributed by atoms with E-state index in [0.717, 1.165) is 0 Å². The van der Waals surface area contributed by atoms with E-state index in [-0.39, 0.29) is 25.0 Å². The number of nitrogens with zero attached hydrogens (tertiary/aromatic N) is 2. The molecule has 180 valence electrons. The van der Waals surface area contributed by atoms with Crippen LogP contribution in [0.5, 0.6) is 0 Å². The summed E-state index contributed by atoms with van der Waals surface area (Å²) in [5.74, 6) is -1.43. The first-order valence-electron chi connectivity index (χ1n) is 10.2. The highest BCUT2D eigenvalue weighted by Crippen LogP contribution is 2.05. The Hall–Kier alpha value is -3.58. The molecule has 1 aliphatic heterocycles. The maximum atomic E-state index is 12.1. The second kappa shape index (κ2) is 14.4. The van der Waals surface area contributed by atoms with Crippen molar-refractivity contribution in [2.24, 2.45) is 21.5 Å². The van der Waals surface area contributed by atoms with Gasteiger partial charge in [0.15, 0.2) is 11.9 Å². The van der Waals surface area contributed by atoms with Gasteiger partial charge in [-0.1, -0.05) is 0 Å². The van der Waals surface area contributed by atoms with E-state index >= 15 is 0 Å². The van der Waals surface area contributed by atoms with Gasteiger partial charge in [0.05, 0.1) is 14.2 Å². The fourth-order valence-corrected chi connectivity index (χ4v) is 2.80. The number of amides is 4. The topological polar surface area (TPSA) is 212 Å². The molecule has 0 spiro atoms. The van der Waals surface area contributed by atoms with Gasteiger partial charge in [0.1, 0.15) is 12.1 Å². The van der Waals surface area contributed by atoms with Gasteiger partial charge in [-0.25, -0.2) is 19.2 Å². The molecular weight excluding hydrogens is 424 g/mol. The number of carbonyl (C=O) groups excluding carboxylic acids is 4. The Morgan fingerprint density at radius 2 is 1.16 bits per heavy atom. The van der Waals surface area contributed by atoms with Crippen LogP contribution in [-0.4, -0.2) is 75.3 Å². The number of esters is 2. The van der Waals surface area contributed by atoms with Crippen LogP contribution in [0.3, 0.4) is 0 Å². The highest BCUT2D eigenvalue weighted by molar-refractivity contribution is 5.97. The van der Waals surface area contributed by atoms with E-state index in [1.54, 1.807) is 0 Å². The average molecular weight is 457 g/mol. The lowest BCUT2D eigenvalue weighted by molar-refractivity contribution is -0.143. The summed E-state index contributed by atoms with van der Waals surface area (Å²) >= 11 is 0. The van der Waals surface area contributed by atoms with Crippen molar-refractivity contribution < 1.29 is 28.7 Å². The van der Waals surface area contributed by atoms with Gasteiger partial charge in [-0.3, -0.25) is 20.6 Å². The summed E-state index contributed by atoms with van der Waals surface area (Å²) < 4.78 is 9.42. The largest absolute Gasteiger partial charge is 0.467 e. The first kappa shape index (κ1) is 26.5. The van der Waals surface area contributed by atoms with Crippen LogP contribution in [0.2, 0.25) is 0 Å². The zero-order valence-corrected chi connectivity index (χ0v) is 18.3. The third kappa shape index (κ3) is 10.4. The fourth-order valence-electron chi connectivity index (χ4n) is 2.80. The summed E-state index contributed by atoms with van der Waals surface area (Å²) in [5.41, 5.74) is 11.4. The molecule has 1 heterocycles. The van der Waals surface area contributed by atoms with E-state index in [9.17, 15) is 19.2 Å². The molecule has 0 aliphatic carbocycles. The maximum Gasteiger partial charge on any atom is 0.328 e. The molecule has 1 rings (SSSR count). The molecule has 0 aromatic heterocycles. The van der Waals surface area contributed by atoms with Gasteiger partial charge in [0, 0.05) is 13.1 Å². The minimum Gasteiger partial charge on any atom is -0.467 e. The molecule has 14 heteroatoms. The van der Waals surface area contributed by atoms with Crippen LogP contribution in [0.4, 0.5) is 9.59 Å². The number of methoxy groups -OCH3 is 2. The Labute approximate surface area is 185 Å². The third-order valence-electron chi connectivity index (χ3n) is 4.43. The van der Waals surface area contributed by atoms with Gasteiger partial charge in [-0.05, 0) is 38.5 Å². The highest BCUT2D eigenvalue weighted by Gasteiger charge is 2.22. The van der Waals surface area contributed by atoms with Crippen LogP contribution in [0, 0.1) is 0 Å². The number of aliphatic imine (C=N–C) groups is 2. The zero-order chi connectivity index (χ0) is 23.9. The van der Waals surface area contributed by atoms with E-state index < -0.39 is 36.1 Å². The van der Waals surface area contributed by atoms with Crippen molar-refractivity contribution >= 4 is 35.9 Å². The van der Waals surface area contributed by atoms with E-state index in [1.165, 1.54) is 14.2 Å². The monoisotopic (exact) mass is 456 g/mol. The molecule has 0 saturated heterocycles. The lowest BCUT2D eigenvalue weighted by Gasteiger charge is -2.17. The molecule has 0 bridgehead atoms. The predicted octanol–water partition coefficient (Wildman–Crippen LogP) is -1.35. The molecule has 14 nitrogen and oxygen atoms in total. The molecule has 4 amide bonds. The third-order valence-corrected chi connectivity index (χ3v) is 4.43. The van der Waals surface area contributed by atoms with Crippen LogP contribution in [-0.2, 0) is 19.1 Å². The van der Waals surface area contributed by atoms with Crippen molar-refractivity contribution in [2.75, 3.05) is 27.3 Å². The fraction of sp³-hybridized carbons (Fsp3) is 0.667. The molecule has 0 unspecified atom stereocenters. The number of rotatable bonds is 2. The quantitative estimate of drug-likeness (QED) is 0.273. The molecule has 2 atom stereocenters. The molecule has 0 saturated carbocycles. The SMILES string of the molecule is COC(=O)[C@@H]1CCCCN=C(N)NC(=O)N[C@H](C(=O)OC)CCCCN=C(N)NC(=O)N1. The molecule has 0 aromatic carbocycles. The smallest absolute Gasteiger partial charge is 0.328 e. The number of nitrogens with two attached hydrogens (primary N) is 2. The summed E-state index contributed by atoms with van der Waals surface area (Å²) in [4.78, 5) is 56.1. The van der Waals surface area contributed by atoms with Gasteiger partial charge >= 0.3 is 24.0 Å². The van der Waals surface area contributed by atoms with Crippen LogP contribution >= 0.6 is 0 Å². The first-order valence-corrected chi connectivity index (χ1v) is 10.2. The second-order valence-corrected chi connectivity index (χ2v) is 6.87. The molecule has 0 fully saturated rings. The summed E-state index contributed by atoms with van der Waals surface area (Å²) in [5, 5.41) is 9.70. The van der Waals surface area contributed by atoms with Crippen LogP contribution in [0.1, 0.15) is 38.5 Å². The number of ether oxygens (including phenoxy) is 2. The van der Waals surface area contributed by atoms with E-state index in [2.05, 4.69) is 31.3 Å². The zero-order valence-electron chi connectivity index (χ0n) is 18.3. The van der Waals surface area contributed by atoms with Crippen molar-refractivity contribution in [3.05, 3.63) is 0 Å². The molecular formula is C18H32N8O6. The van der Waals surface area contributed by atoms with Gasteiger partial charge in [0.2, 0.25) is 0 Å². The number of nitrogens with one attached hydrogen (secondary N) is 4. The van der Waals surface area contributed by atoms with Gasteiger partial charge in [0.25, 0.3) is 0 Å². The van der Waals surface area contributed by atoms with Gasteiger partial charge in [-0.15, -0.1) is 0 Å². The molecule has 32 heavy (non-hydrogen) atoms. The van der Waals surface area contributed by atoms with Crippen molar-refractivity contribution in [3.63, 3.8) is 0 Å². The Kier molecular flexibility index (Phi) is 11.9. The van der Waals surface area contributed by atoms with Gasteiger partial charge < -0.3 is 31.6 Å². The van der Waals surface area contributed by atoms with Crippen LogP contribution in [0.15, 0.2) is 9.98 Å². The minimum atomic E-state index is -0.876. The Morgan fingerprint density at radius 1 is 0.781 bits per heavy atom. The molecule has 0 aromatic rings. The van der Waals surface area contributed by atoms with Crippen molar-refractivity contribution in [1.82, 2.24) is 21.3 Å². The molecule has 0 radical (unpaired) electrons. The van der Waals surface area contributed by atoms with E-state index in [1.807, 2.05) is 0 Å². The summed E-state index contributed by atoms with van der Waals surface area (Å²) in [7, 11) is 2.45. The Balaban J connectivity index is 2.86. The predicted molar refractivity (Wildman–Crippen MR) is 116 cm³/mol. The summed E-state index contributed by atoms with van der Waals surface area (Å²) in [6, 6.07) is -3.12. The number of hydrogen-bond donors (Lipinski definition) is 6. The maximum absolute atomic E-state index is 12.1. The minimum absolute atomic E-state index is 0.118. The number of urea groups is 2. The molecule has 8 N–H and O–H groups in total. The number of hydrogen-bond acceptors (Lipinski definition) is 10. The lowest BCUT2D eigenvalue weighted by atomic mass is 10.1. The van der Waals surface area contributed by atoms with E-state index in [4.69, 9.17) is 20.9 Å². The van der Waals surface area contributed by atoms with Crippen LogP contribution in [0.25, 0.3) is 0 Å².